The Morgan fingerprint density at radius 2 is 2.10 bits per heavy atom. The van der Waals surface area contributed by atoms with Gasteiger partial charge in [-0.25, -0.2) is 0 Å². The Balaban J connectivity index is 2.20. The minimum atomic E-state index is 0.224. The van der Waals surface area contributed by atoms with E-state index in [1.165, 1.54) is 16.3 Å². The van der Waals surface area contributed by atoms with Crippen LogP contribution in [0, 0.1) is 0 Å². The number of nitrogens with two attached hydrogens (primary N) is 1. The summed E-state index contributed by atoms with van der Waals surface area (Å²) in [6, 6.07) is 5.38. The summed E-state index contributed by atoms with van der Waals surface area (Å²) in [5.41, 5.74) is 6.50. The lowest BCUT2D eigenvalue weighted by molar-refractivity contribution is 0.415. The molecule has 21 heavy (non-hydrogen) atoms. The van der Waals surface area contributed by atoms with Gasteiger partial charge in [0.1, 0.15) is 5.75 Å². The van der Waals surface area contributed by atoms with Gasteiger partial charge in [0.05, 0.1) is 12.1 Å². The maximum absolute atomic E-state index is 6.28. The number of methoxy groups -OCH3 is 1. The minimum absolute atomic E-state index is 0.224. The van der Waals surface area contributed by atoms with E-state index in [-0.39, 0.29) is 5.95 Å². The molecular formula is C12H11ClN6OS. The number of ether oxygens (including phenoxy) is 1. The average Bonchev–Trinajstić information content (AvgIpc) is 2.91. The molecule has 0 unspecified atom stereocenters. The lowest BCUT2D eigenvalue weighted by Crippen LogP contribution is -2.04. The van der Waals surface area contributed by atoms with Crippen molar-refractivity contribution in [1.82, 2.24) is 24.6 Å². The molecule has 0 spiro atoms. The van der Waals surface area contributed by atoms with Crippen LogP contribution in [-0.4, -0.2) is 37.9 Å². The van der Waals surface area contributed by atoms with E-state index in [1.807, 2.05) is 12.3 Å². The molecule has 0 saturated heterocycles. The lowest BCUT2D eigenvalue weighted by Gasteiger charge is -2.05. The van der Waals surface area contributed by atoms with Crippen molar-refractivity contribution in [2.24, 2.45) is 0 Å². The third-order valence-corrected chi connectivity index (χ3v) is 3.76. The van der Waals surface area contributed by atoms with Gasteiger partial charge in [-0.15, -0.1) is 5.10 Å². The summed E-state index contributed by atoms with van der Waals surface area (Å²) in [6.45, 7) is 0. The van der Waals surface area contributed by atoms with Gasteiger partial charge < -0.3 is 10.5 Å². The summed E-state index contributed by atoms with van der Waals surface area (Å²) in [6.07, 6.45) is 1.86. The molecule has 2 N–H and O–H groups in total. The molecule has 2 heterocycles. The third kappa shape index (κ3) is 2.36. The fraction of sp³-hybridized carbons (Fsp3) is 0.167. The summed E-state index contributed by atoms with van der Waals surface area (Å²) < 4.78 is 6.57. The van der Waals surface area contributed by atoms with Crippen LogP contribution in [0.3, 0.4) is 0 Å². The standard InChI is InChI=1S/C12H11ClN6OS/c1-20-7-5-3-4-6(8(7)13)9-15-11-17-12(21-2)16-10(14)19(11)18-9/h3-5H,1-2H3,(H2,14,15,16,17,18). The molecule has 0 radical (unpaired) electrons. The number of thioether (sulfide) groups is 1. The van der Waals surface area contributed by atoms with Gasteiger partial charge in [-0.3, -0.25) is 0 Å². The number of nitrogen functional groups attached to an aromatic ring is 1. The Kier molecular flexibility index (Phi) is 3.56. The van der Waals surface area contributed by atoms with E-state index in [0.717, 1.165) is 0 Å². The summed E-state index contributed by atoms with van der Waals surface area (Å²) in [7, 11) is 1.55. The molecular weight excluding hydrogens is 312 g/mol. The number of halogens is 1. The number of anilines is 1. The first-order valence-corrected chi connectivity index (χ1v) is 7.51. The van der Waals surface area contributed by atoms with Crippen LogP contribution in [0.4, 0.5) is 5.95 Å². The van der Waals surface area contributed by atoms with E-state index in [1.54, 1.807) is 19.2 Å². The van der Waals surface area contributed by atoms with Crippen LogP contribution in [0.25, 0.3) is 17.2 Å². The van der Waals surface area contributed by atoms with Gasteiger partial charge in [0.15, 0.2) is 11.0 Å². The molecule has 3 rings (SSSR count). The Morgan fingerprint density at radius 3 is 2.81 bits per heavy atom. The molecule has 7 nitrogen and oxygen atoms in total. The molecule has 0 aliphatic carbocycles. The van der Waals surface area contributed by atoms with Crippen LogP contribution in [-0.2, 0) is 0 Å². The zero-order valence-corrected chi connectivity index (χ0v) is 12.8. The highest BCUT2D eigenvalue weighted by Crippen LogP contribution is 2.33. The summed E-state index contributed by atoms with van der Waals surface area (Å²) >= 11 is 7.67. The van der Waals surface area contributed by atoms with Crippen LogP contribution in [0.2, 0.25) is 5.02 Å². The van der Waals surface area contributed by atoms with Crippen molar-refractivity contribution in [3.05, 3.63) is 23.2 Å². The first-order valence-electron chi connectivity index (χ1n) is 5.91. The number of nitrogens with zero attached hydrogens (tertiary/aromatic N) is 5. The number of hydrogen-bond acceptors (Lipinski definition) is 7. The van der Waals surface area contributed by atoms with Crippen LogP contribution in [0.15, 0.2) is 23.4 Å². The van der Waals surface area contributed by atoms with Crippen molar-refractivity contribution in [3.63, 3.8) is 0 Å². The van der Waals surface area contributed by atoms with Gasteiger partial charge in [0.2, 0.25) is 5.95 Å². The third-order valence-electron chi connectivity index (χ3n) is 2.82. The summed E-state index contributed by atoms with van der Waals surface area (Å²) in [4.78, 5) is 12.7. The lowest BCUT2D eigenvalue weighted by atomic mass is 10.2. The van der Waals surface area contributed by atoms with Gasteiger partial charge in [-0.1, -0.05) is 29.4 Å². The summed E-state index contributed by atoms with van der Waals surface area (Å²) in [5, 5.41) is 5.28. The Morgan fingerprint density at radius 1 is 1.29 bits per heavy atom. The van der Waals surface area contributed by atoms with Crippen molar-refractivity contribution in [2.75, 3.05) is 19.1 Å². The molecule has 0 atom stereocenters. The highest BCUT2D eigenvalue weighted by atomic mass is 35.5. The quantitative estimate of drug-likeness (QED) is 0.739. The SMILES string of the molecule is COc1cccc(-c2nc3nc(SC)nc(N)n3n2)c1Cl. The van der Waals surface area contributed by atoms with Crippen molar-refractivity contribution in [2.45, 2.75) is 5.16 Å². The monoisotopic (exact) mass is 322 g/mol. The van der Waals surface area contributed by atoms with Crippen molar-refractivity contribution in [3.8, 4) is 17.1 Å². The van der Waals surface area contributed by atoms with Gasteiger partial charge >= 0.3 is 0 Å². The Labute approximate surface area is 129 Å². The zero-order chi connectivity index (χ0) is 15.0. The van der Waals surface area contributed by atoms with E-state index >= 15 is 0 Å². The second-order valence-corrected chi connectivity index (χ2v) is 5.19. The van der Waals surface area contributed by atoms with Gasteiger partial charge in [-0.2, -0.15) is 19.5 Å². The second kappa shape index (κ2) is 5.38. The maximum atomic E-state index is 6.28. The van der Waals surface area contributed by atoms with Crippen LogP contribution >= 0.6 is 23.4 Å². The topological polar surface area (TPSA) is 91.2 Å². The summed E-state index contributed by atoms with van der Waals surface area (Å²) in [5.74, 6) is 1.57. The molecule has 3 aromatic rings. The van der Waals surface area contributed by atoms with E-state index in [9.17, 15) is 0 Å². The van der Waals surface area contributed by atoms with Crippen LogP contribution in [0.5, 0.6) is 5.75 Å². The number of aromatic nitrogens is 5. The van der Waals surface area contributed by atoms with Crippen molar-refractivity contribution in [1.29, 1.82) is 0 Å². The number of hydrogen-bond donors (Lipinski definition) is 1. The molecule has 108 valence electrons. The molecule has 9 heteroatoms. The van der Waals surface area contributed by atoms with E-state index in [0.29, 0.717) is 33.1 Å². The molecule has 0 fully saturated rings. The fourth-order valence-corrected chi connectivity index (χ4v) is 2.48. The maximum Gasteiger partial charge on any atom is 0.258 e. The van der Waals surface area contributed by atoms with Crippen molar-refractivity contribution >= 4 is 35.1 Å². The molecule has 0 aliphatic rings. The smallest absolute Gasteiger partial charge is 0.258 e. The molecule has 0 saturated carbocycles. The number of benzene rings is 1. The predicted molar refractivity (Wildman–Crippen MR) is 81.8 cm³/mol. The highest BCUT2D eigenvalue weighted by Gasteiger charge is 2.16. The van der Waals surface area contributed by atoms with Crippen LogP contribution in [0.1, 0.15) is 0 Å². The van der Waals surface area contributed by atoms with Crippen molar-refractivity contribution < 1.29 is 4.74 Å². The van der Waals surface area contributed by atoms with Crippen LogP contribution < -0.4 is 10.5 Å². The number of rotatable bonds is 3. The predicted octanol–water partition coefficient (Wildman–Crippen LogP) is 2.15. The molecule has 0 bridgehead atoms. The number of fused-ring (bicyclic) bond motifs is 1. The Hall–Kier alpha value is -2.06. The highest BCUT2D eigenvalue weighted by molar-refractivity contribution is 7.98. The molecule has 1 aromatic carbocycles. The average molecular weight is 323 g/mol. The minimum Gasteiger partial charge on any atom is -0.495 e. The first-order chi connectivity index (χ1) is 10.1. The molecule has 2 aromatic heterocycles. The largest absolute Gasteiger partial charge is 0.495 e. The second-order valence-electron chi connectivity index (χ2n) is 4.04. The van der Waals surface area contributed by atoms with E-state index < -0.39 is 0 Å². The Bertz CT molecular complexity index is 821. The van der Waals surface area contributed by atoms with Gasteiger partial charge in [-0.05, 0) is 18.4 Å². The molecule has 0 aliphatic heterocycles. The van der Waals surface area contributed by atoms with Gasteiger partial charge in [0.25, 0.3) is 5.78 Å². The molecule has 0 amide bonds. The van der Waals surface area contributed by atoms with E-state index in [4.69, 9.17) is 22.1 Å². The van der Waals surface area contributed by atoms with Gasteiger partial charge in [0, 0.05) is 5.56 Å². The van der Waals surface area contributed by atoms with E-state index in [2.05, 4.69) is 20.1 Å². The first kappa shape index (κ1) is 13.9. The zero-order valence-electron chi connectivity index (χ0n) is 11.2. The normalized spacial score (nSPS) is 11.0. The fourth-order valence-electron chi connectivity index (χ4n) is 1.83.